The average molecular weight is 427 g/mol. The maximum Gasteiger partial charge on any atom is 0.451 e. The van der Waals surface area contributed by atoms with E-state index in [0.717, 1.165) is 33.1 Å². The zero-order valence-corrected chi connectivity index (χ0v) is 16.8. The zero-order valence-electron chi connectivity index (χ0n) is 15.2. The number of carbonyl (C=O) groups excluding carboxylic acids is 1. The molecule has 0 bridgehead atoms. The second-order valence-corrected chi connectivity index (χ2v) is 7.84. The van der Waals surface area contributed by atoms with Crippen LogP contribution in [0.15, 0.2) is 28.7 Å². The Kier molecular flexibility index (Phi) is 5.75. The van der Waals surface area contributed by atoms with E-state index >= 15 is 0 Å². The molecule has 0 aliphatic heterocycles. The van der Waals surface area contributed by atoms with Crippen LogP contribution >= 0.6 is 23.1 Å². The zero-order chi connectivity index (χ0) is 20.5. The summed E-state index contributed by atoms with van der Waals surface area (Å²) in [7, 11) is 1.21. The summed E-state index contributed by atoms with van der Waals surface area (Å²) in [5.41, 5.74) is 4.03. The number of nitrogens with one attached hydrogen (secondary N) is 1. The molecule has 0 atom stereocenters. The average Bonchev–Trinajstić information content (AvgIpc) is 3.22. The topological polar surface area (TPSA) is 72.7 Å². The van der Waals surface area contributed by atoms with Gasteiger partial charge in [-0.05, 0) is 31.0 Å². The maximum absolute atomic E-state index is 12.7. The van der Waals surface area contributed by atoms with Crippen LogP contribution in [0.5, 0.6) is 0 Å². The molecule has 3 aromatic rings. The van der Waals surface area contributed by atoms with Crippen LogP contribution in [0.25, 0.3) is 11.3 Å². The van der Waals surface area contributed by atoms with E-state index in [1.165, 1.54) is 23.9 Å². The fourth-order valence-electron chi connectivity index (χ4n) is 2.34. The molecule has 0 radical (unpaired) electrons. The van der Waals surface area contributed by atoms with Crippen LogP contribution in [0.1, 0.15) is 17.0 Å². The lowest BCUT2D eigenvalue weighted by Crippen LogP contribution is -2.15. The first-order chi connectivity index (χ1) is 13.1. The van der Waals surface area contributed by atoms with E-state index in [0.29, 0.717) is 5.13 Å². The number of anilines is 1. The van der Waals surface area contributed by atoms with E-state index in [1.807, 2.05) is 37.4 Å². The molecule has 148 valence electrons. The van der Waals surface area contributed by atoms with Gasteiger partial charge in [0.25, 0.3) is 0 Å². The smallest absolute Gasteiger partial charge is 0.302 e. The second-order valence-electron chi connectivity index (χ2n) is 6.04. The monoisotopic (exact) mass is 427 g/mol. The Labute approximate surface area is 167 Å². The molecule has 0 unspecified atom stereocenters. The van der Waals surface area contributed by atoms with Gasteiger partial charge in [0.05, 0.1) is 11.4 Å². The van der Waals surface area contributed by atoms with Crippen molar-refractivity contribution in [2.45, 2.75) is 25.2 Å². The van der Waals surface area contributed by atoms with Crippen molar-refractivity contribution in [2.24, 2.45) is 7.05 Å². The number of hydrogen-bond donors (Lipinski definition) is 1. The summed E-state index contributed by atoms with van der Waals surface area (Å²) in [6.07, 6.45) is -4.59. The number of nitrogens with zero attached hydrogens (tertiary/aromatic N) is 4. The van der Waals surface area contributed by atoms with Crippen molar-refractivity contribution in [2.75, 3.05) is 11.1 Å². The molecule has 2 aromatic heterocycles. The van der Waals surface area contributed by atoms with Gasteiger partial charge in [0.2, 0.25) is 11.7 Å². The highest BCUT2D eigenvalue weighted by molar-refractivity contribution is 7.99. The van der Waals surface area contributed by atoms with E-state index < -0.39 is 12.0 Å². The van der Waals surface area contributed by atoms with Crippen LogP contribution in [-0.4, -0.2) is 31.4 Å². The van der Waals surface area contributed by atoms with Crippen molar-refractivity contribution in [3.63, 3.8) is 0 Å². The molecule has 0 spiro atoms. The van der Waals surface area contributed by atoms with Crippen LogP contribution < -0.4 is 5.32 Å². The molecule has 11 heteroatoms. The predicted octanol–water partition coefficient (Wildman–Crippen LogP) is 4.31. The third-order valence-corrected chi connectivity index (χ3v) is 5.75. The number of thiazole rings is 1. The number of alkyl halides is 3. The van der Waals surface area contributed by atoms with E-state index in [1.54, 1.807) is 0 Å². The molecule has 0 saturated heterocycles. The summed E-state index contributed by atoms with van der Waals surface area (Å²) in [6, 6.07) is 6.00. The van der Waals surface area contributed by atoms with E-state index in [9.17, 15) is 18.0 Å². The largest absolute Gasteiger partial charge is 0.451 e. The summed E-state index contributed by atoms with van der Waals surface area (Å²) in [6.45, 7) is 4.04. The van der Waals surface area contributed by atoms with E-state index in [-0.39, 0.29) is 16.8 Å². The number of aromatic nitrogens is 4. The summed E-state index contributed by atoms with van der Waals surface area (Å²) in [5.74, 6) is -1.60. The molecule has 0 saturated carbocycles. The molecular weight excluding hydrogens is 411 g/mol. The minimum absolute atomic E-state index is 0.0115. The molecule has 28 heavy (non-hydrogen) atoms. The summed E-state index contributed by atoms with van der Waals surface area (Å²) < 4.78 is 39.0. The Balaban J connectivity index is 1.61. The molecule has 6 nitrogen and oxygen atoms in total. The van der Waals surface area contributed by atoms with Crippen LogP contribution in [0.3, 0.4) is 0 Å². The maximum atomic E-state index is 12.7. The molecule has 1 aromatic carbocycles. The minimum atomic E-state index is -4.59. The first kappa shape index (κ1) is 20.3. The molecule has 2 heterocycles. The Hall–Kier alpha value is -2.40. The van der Waals surface area contributed by atoms with Gasteiger partial charge in [0, 0.05) is 18.0 Å². The van der Waals surface area contributed by atoms with Crippen molar-refractivity contribution in [3.05, 3.63) is 40.5 Å². The van der Waals surface area contributed by atoms with Gasteiger partial charge in [-0.15, -0.1) is 21.5 Å². The van der Waals surface area contributed by atoms with Crippen molar-refractivity contribution in [1.82, 2.24) is 19.7 Å². The Bertz CT molecular complexity index is 1010. The molecular formula is C17H16F3N5OS2. The van der Waals surface area contributed by atoms with Gasteiger partial charge in [-0.25, -0.2) is 4.98 Å². The lowest BCUT2D eigenvalue weighted by Gasteiger charge is -2.06. The van der Waals surface area contributed by atoms with Crippen molar-refractivity contribution in [3.8, 4) is 11.3 Å². The Morgan fingerprint density at radius 2 is 2.00 bits per heavy atom. The molecule has 0 aliphatic carbocycles. The summed E-state index contributed by atoms with van der Waals surface area (Å²) in [5, 5.41) is 11.5. The highest BCUT2D eigenvalue weighted by Crippen LogP contribution is 2.30. The lowest BCUT2D eigenvalue weighted by molar-refractivity contribution is -0.147. The first-order valence-corrected chi connectivity index (χ1v) is 9.94. The predicted molar refractivity (Wildman–Crippen MR) is 102 cm³/mol. The lowest BCUT2D eigenvalue weighted by atomic mass is 10.1. The van der Waals surface area contributed by atoms with E-state index in [2.05, 4.69) is 20.5 Å². The van der Waals surface area contributed by atoms with E-state index in [4.69, 9.17) is 0 Å². The highest BCUT2D eigenvalue weighted by atomic mass is 32.2. The van der Waals surface area contributed by atoms with Crippen LogP contribution in [0.2, 0.25) is 0 Å². The number of benzene rings is 1. The van der Waals surface area contributed by atoms with Gasteiger partial charge in [-0.1, -0.05) is 23.9 Å². The van der Waals surface area contributed by atoms with Crippen molar-refractivity contribution < 1.29 is 18.0 Å². The quantitative estimate of drug-likeness (QED) is 0.615. The fraction of sp³-hybridized carbons (Fsp3) is 0.294. The number of halogens is 3. The van der Waals surface area contributed by atoms with Crippen LogP contribution in [0, 0.1) is 13.8 Å². The number of aryl methyl sites for hydroxylation is 2. The highest BCUT2D eigenvalue weighted by Gasteiger charge is 2.37. The molecule has 1 N–H and O–H groups in total. The summed E-state index contributed by atoms with van der Waals surface area (Å²) in [4.78, 5) is 16.5. The number of amides is 1. The SMILES string of the molecule is Cc1ccc(-c2csc(NC(=O)CSc3nnc(C(F)(F)F)n3C)n2)cc1C. The van der Waals surface area contributed by atoms with Crippen LogP contribution in [0.4, 0.5) is 18.3 Å². The first-order valence-electron chi connectivity index (χ1n) is 8.07. The number of rotatable bonds is 5. The van der Waals surface area contributed by atoms with Gasteiger partial charge in [-0.3, -0.25) is 4.79 Å². The number of thioether (sulfide) groups is 1. The van der Waals surface area contributed by atoms with Crippen molar-refractivity contribution in [1.29, 1.82) is 0 Å². The normalized spacial score (nSPS) is 11.6. The fourth-order valence-corrected chi connectivity index (χ4v) is 3.78. The van der Waals surface area contributed by atoms with Gasteiger partial charge >= 0.3 is 6.18 Å². The van der Waals surface area contributed by atoms with Gasteiger partial charge in [0.15, 0.2) is 10.3 Å². The number of carbonyl (C=O) groups is 1. The van der Waals surface area contributed by atoms with Gasteiger partial charge in [-0.2, -0.15) is 13.2 Å². The Morgan fingerprint density at radius 1 is 1.25 bits per heavy atom. The Morgan fingerprint density at radius 3 is 2.64 bits per heavy atom. The molecule has 3 rings (SSSR count). The van der Waals surface area contributed by atoms with Gasteiger partial charge in [0.1, 0.15) is 0 Å². The van der Waals surface area contributed by atoms with Crippen molar-refractivity contribution >= 4 is 34.1 Å². The summed E-state index contributed by atoms with van der Waals surface area (Å²) >= 11 is 2.15. The van der Waals surface area contributed by atoms with Gasteiger partial charge < -0.3 is 9.88 Å². The third-order valence-electron chi connectivity index (χ3n) is 3.97. The molecule has 1 amide bonds. The molecule has 0 aliphatic rings. The van der Waals surface area contributed by atoms with Crippen LogP contribution in [-0.2, 0) is 18.0 Å². The minimum Gasteiger partial charge on any atom is -0.302 e. The second kappa shape index (κ2) is 7.92. The molecule has 0 fully saturated rings. The third kappa shape index (κ3) is 4.53. The standard InChI is InChI=1S/C17H16F3N5OS2/c1-9-4-5-11(6-10(9)2)12-7-27-15(21-12)22-13(26)8-28-16-24-23-14(25(16)3)17(18,19)20/h4-7H,8H2,1-3H3,(H,21,22,26). The number of hydrogen-bond acceptors (Lipinski definition) is 6.